The van der Waals surface area contributed by atoms with Crippen LogP contribution in [0.2, 0.25) is 0 Å². The maximum absolute atomic E-state index is 6.65. The molecule has 0 unspecified atom stereocenters. The number of rotatable bonds is 5. The molecule has 0 saturated carbocycles. The monoisotopic (exact) mass is 731 g/mol. The van der Waals surface area contributed by atoms with Crippen molar-refractivity contribution in [3.8, 4) is 56.4 Å². The van der Waals surface area contributed by atoms with Crippen LogP contribution in [0.25, 0.3) is 122 Å². The minimum absolute atomic E-state index is 0.576. The highest BCUT2D eigenvalue weighted by molar-refractivity contribution is 6.18. The van der Waals surface area contributed by atoms with Gasteiger partial charge >= 0.3 is 0 Å². The van der Waals surface area contributed by atoms with Crippen molar-refractivity contribution in [1.82, 2.24) is 15.0 Å². The second-order valence-electron chi connectivity index (χ2n) is 14.3. The van der Waals surface area contributed by atoms with Crippen molar-refractivity contribution >= 4 is 65.8 Å². The number of aromatic nitrogens is 3. The third-order valence-electron chi connectivity index (χ3n) is 10.9. The van der Waals surface area contributed by atoms with Crippen LogP contribution < -0.4 is 0 Å². The van der Waals surface area contributed by atoms with Gasteiger partial charge < -0.3 is 13.3 Å². The third kappa shape index (κ3) is 5.01. The summed E-state index contributed by atoms with van der Waals surface area (Å²) >= 11 is 0. The minimum atomic E-state index is 0.576. The van der Waals surface area contributed by atoms with Crippen molar-refractivity contribution in [1.29, 1.82) is 0 Å². The molecule has 12 aromatic rings. The Hall–Kier alpha value is -7.83. The average molecular weight is 732 g/mol. The predicted molar refractivity (Wildman–Crippen MR) is 229 cm³/mol. The van der Waals surface area contributed by atoms with Crippen molar-refractivity contribution < 1.29 is 13.3 Å². The number of para-hydroxylation sites is 3. The van der Waals surface area contributed by atoms with Gasteiger partial charge in [-0.15, -0.1) is 0 Å². The van der Waals surface area contributed by atoms with Gasteiger partial charge in [-0.25, -0.2) is 15.0 Å². The summed E-state index contributed by atoms with van der Waals surface area (Å²) in [4.78, 5) is 14.8. The summed E-state index contributed by atoms with van der Waals surface area (Å²) in [7, 11) is 0. The number of hydrogen-bond donors (Lipinski definition) is 0. The fourth-order valence-corrected chi connectivity index (χ4v) is 8.28. The van der Waals surface area contributed by atoms with E-state index in [2.05, 4.69) is 78.9 Å². The van der Waals surface area contributed by atoms with Crippen LogP contribution in [0.15, 0.2) is 189 Å². The Kier molecular flexibility index (Phi) is 6.83. The number of nitrogens with zero attached hydrogens (tertiary/aromatic N) is 3. The SMILES string of the molecule is c1ccc(-c2nc(-c3ccccc3)nc(-c3ccc4c(c3)oc3cccc(-c5cc(-c6cccc7c6oc6ccccc67)c6oc7ccccc7c6c5)c34)n2)cc1. The Morgan fingerprint density at radius 2 is 0.825 bits per heavy atom. The Labute approximate surface area is 325 Å². The molecule has 0 N–H and O–H groups in total. The summed E-state index contributed by atoms with van der Waals surface area (Å²) in [6.07, 6.45) is 0. The molecule has 8 aromatic carbocycles. The first-order valence-corrected chi connectivity index (χ1v) is 18.9. The van der Waals surface area contributed by atoms with Crippen molar-refractivity contribution in [2.24, 2.45) is 0 Å². The molecule has 6 nitrogen and oxygen atoms in total. The van der Waals surface area contributed by atoms with Gasteiger partial charge in [-0.3, -0.25) is 0 Å². The zero-order valence-corrected chi connectivity index (χ0v) is 30.3. The Morgan fingerprint density at radius 1 is 0.281 bits per heavy atom. The van der Waals surface area contributed by atoms with Crippen LogP contribution in [0, 0.1) is 0 Å². The van der Waals surface area contributed by atoms with E-state index in [-0.39, 0.29) is 0 Å². The first kappa shape index (κ1) is 31.5. The van der Waals surface area contributed by atoms with Gasteiger partial charge in [0.1, 0.15) is 33.5 Å². The molecule has 0 fully saturated rings. The molecule has 12 rings (SSSR count). The fourth-order valence-electron chi connectivity index (χ4n) is 8.28. The zero-order chi connectivity index (χ0) is 37.5. The van der Waals surface area contributed by atoms with Crippen LogP contribution >= 0.6 is 0 Å². The molecule has 0 aliphatic rings. The van der Waals surface area contributed by atoms with Crippen LogP contribution in [0.5, 0.6) is 0 Å². The summed E-state index contributed by atoms with van der Waals surface area (Å²) in [5.41, 5.74) is 11.6. The lowest BCUT2D eigenvalue weighted by Crippen LogP contribution is -2.00. The topological polar surface area (TPSA) is 78.1 Å². The summed E-state index contributed by atoms with van der Waals surface area (Å²) in [6.45, 7) is 0. The Morgan fingerprint density at radius 3 is 1.53 bits per heavy atom. The second-order valence-corrected chi connectivity index (χ2v) is 14.3. The van der Waals surface area contributed by atoms with Gasteiger partial charge in [-0.2, -0.15) is 0 Å². The number of benzene rings is 8. The van der Waals surface area contributed by atoms with Crippen LogP contribution in [0.4, 0.5) is 0 Å². The molecule has 4 aromatic heterocycles. The van der Waals surface area contributed by atoms with E-state index in [9.17, 15) is 0 Å². The van der Waals surface area contributed by atoms with E-state index >= 15 is 0 Å². The summed E-state index contributed by atoms with van der Waals surface area (Å²) in [5.74, 6) is 1.80. The molecule has 0 spiro atoms. The lowest BCUT2D eigenvalue weighted by molar-refractivity contribution is 0.665. The first-order chi connectivity index (χ1) is 28.2. The van der Waals surface area contributed by atoms with Crippen molar-refractivity contribution in [2.45, 2.75) is 0 Å². The molecule has 0 radical (unpaired) electrons. The highest BCUT2D eigenvalue weighted by Gasteiger charge is 2.22. The van der Waals surface area contributed by atoms with E-state index in [1.54, 1.807) is 0 Å². The molecule has 0 amide bonds. The molecular weight excluding hydrogens is 703 g/mol. The van der Waals surface area contributed by atoms with Crippen molar-refractivity contribution in [2.75, 3.05) is 0 Å². The summed E-state index contributed by atoms with van der Waals surface area (Å²) in [6, 6.07) is 59.8. The van der Waals surface area contributed by atoms with E-state index in [0.29, 0.717) is 17.5 Å². The minimum Gasteiger partial charge on any atom is -0.456 e. The lowest BCUT2D eigenvalue weighted by Gasteiger charge is -2.10. The fraction of sp³-hybridized carbons (Fsp3) is 0. The van der Waals surface area contributed by atoms with E-state index in [1.807, 2.05) is 97.1 Å². The van der Waals surface area contributed by atoms with Crippen LogP contribution in [0.1, 0.15) is 0 Å². The molecule has 6 heteroatoms. The van der Waals surface area contributed by atoms with Crippen LogP contribution in [-0.4, -0.2) is 15.0 Å². The van der Waals surface area contributed by atoms with E-state index < -0.39 is 0 Å². The first-order valence-electron chi connectivity index (χ1n) is 18.9. The lowest BCUT2D eigenvalue weighted by atomic mass is 9.92. The van der Waals surface area contributed by atoms with Gasteiger partial charge in [0.25, 0.3) is 0 Å². The van der Waals surface area contributed by atoms with E-state index in [1.165, 1.54) is 0 Å². The standard InChI is InChI=1S/C51H29N3O3/c1-3-13-30(14-4-1)49-52-50(31-15-5-2-6-16-31)54-51(53-49)32-25-26-39-45(29-32)55-44-24-12-19-34(46(39)44)33-27-40-36-18-8-10-23-43(36)57-48(40)41(28-33)38-21-11-20-37-35-17-7-9-22-42(35)56-47(37)38/h1-29H. The maximum atomic E-state index is 6.65. The van der Waals surface area contributed by atoms with Gasteiger partial charge in [0, 0.05) is 60.1 Å². The van der Waals surface area contributed by atoms with Gasteiger partial charge in [0.15, 0.2) is 17.5 Å². The van der Waals surface area contributed by atoms with E-state index in [4.69, 9.17) is 28.2 Å². The molecule has 0 saturated heterocycles. The molecular formula is C51H29N3O3. The molecule has 0 bridgehead atoms. The van der Waals surface area contributed by atoms with E-state index in [0.717, 1.165) is 105 Å². The average Bonchev–Trinajstić information content (AvgIpc) is 3.98. The smallest absolute Gasteiger partial charge is 0.164 e. The maximum Gasteiger partial charge on any atom is 0.164 e. The largest absolute Gasteiger partial charge is 0.456 e. The molecule has 4 heterocycles. The molecule has 0 atom stereocenters. The Balaban J connectivity index is 1.06. The van der Waals surface area contributed by atoms with Gasteiger partial charge in [0.05, 0.1) is 0 Å². The van der Waals surface area contributed by atoms with Crippen molar-refractivity contribution in [3.05, 3.63) is 176 Å². The van der Waals surface area contributed by atoms with Gasteiger partial charge in [-0.05, 0) is 53.6 Å². The third-order valence-corrected chi connectivity index (χ3v) is 10.9. The van der Waals surface area contributed by atoms with Crippen LogP contribution in [0.3, 0.4) is 0 Å². The normalized spacial score (nSPS) is 11.9. The molecule has 57 heavy (non-hydrogen) atoms. The molecule has 266 valence electrons. The Bertz CT molecular complexity index is 3470. The molecule has 0 aliphatic heterocycles. The highest BCUT2D eigenvalue weighted by Crippen LogP contribution is 2.45. The van der Waals surface area contributed by atoms with Gasteiger partial charge in [0.2, 0.25) is 0 Å². The quantitative estimate of drug-likeness (QED) is 0.175. The van der Waals surface area contributed by atoms with Crippen molar-refractivity contribution in [3.63, 3.8) is 0 Å². The molecule has 0 aliphatic carbocycles. The highest BCUT2D eigenvalue weighted by atomic mass is 16.3. The summed E-state index contributed by atoms with van der Waals surface area (Å²) in [5, 5.41) is 6.29. The zero-order valence-electron chi connectivity index (χ0n) is 30.3. The number of fused-ring (bicyclic) bond motifs is 9. The second kappa shape index (κ2) is 12.3. The summed E-state index contributed by atoms with van der Waals surface area (Å²) < 4.78 is 19.9. The van der Waals surface area contributed by atoms with Gasteiger partial charge in [-0.1, -0.05) is 133 Å². The van der Waals surface area contributed by atoms with Crippen LogP contribution in [-0.2, 0) is 0 Å². The number of furan rings is 3. The predicted octanol–water partition coefficient (Wildman–Crippen LogP) is 13.9. The number of hydrogen-bond acceptors (Lipinski definition) is 6.